The lowest BCUT2D eigenvalue weighted by Crippen LogP contribution is -2.31. The Balaban J connectivity index is 2.15. The Morgan fingerprint density at radius 2 is 2.32 bits per heavy atom. The summed E-state index contributed by atoms with van der Waals surface area (Å²) in [5, 5.41) is 7.06. The summed E-state index contributed by atoms with van der Waals surface area (Å²) in [6.07, 6.45) is 4.05. The molecule has 19 heavy (non-hydrogen) atoms. The summed E-state index contributed by atoms with van der Waals surface area (Å²) in [6.45, 7) is 4.23. The monoisotopic (exact) mass is 261 g/mol. The van der Waals surface area contributed by atoms with E-state index < -0.39 is 0 Å². The molecule has 0 radical (unpaired) electrons. The van der Waals surface area contributed by atoms with Gasteiger partial charge < -0.3 is 10.3 Å². The van der Waals surface area contributed by atoms with Gasteiger partial charge in [-0.3, -0.25) is 9.48 Å². The summed E-state index contributed by atoms with van der Waals surface area (Å²) in [5.74, 6) is 1.10. The normalized spacial score (nSPS) is 12.6. The smallest absolute Gasteiger partial charge is 0.268 e. The molecule has 6 nitrogen and oxygen atoms in total. The standard InChI is InChI=1S/C13H19N5O/c1-9(2)7-11(12-15-8-16-18(12)3)17-13(19)10-5-4-6-14-10/h4-6,8-9,11,14H,7H2,1-3H3,(H,17,19). The minimum Gasteiger partial charge on any atom is -0.357 e. The second-order valence-electron chi connectivity index (χ2n) is 4.98. The van der Waals surface area contributed by atoms with Crippen molar-refractivity contribution in [2.24, 2.45) is 13.0 Å². The topological polar surface area (TPSA) is 75.6 Å². The minimum absolute atomic E-state index is 0.126. The third kappa shape index (κ3) is 3.21. The van der Waals surface area contributed by atoms with Gasteiger partial charge in [-0.15, -0.1) is 0 Å². The molecule has 6 heteroatoms. The number of nitrogens with zero attached hydrogens (tertiary/aromatic N) is 3. The van der Waals surface area contributed by atoms with Crippen LogP contribution in [0, 0.1) is 5.92 Å². The van der Waals surface area contributed by atoms with Crippen LogP contribution in [0.1, 0.15) is 42.6 Å². The van der Waals surface area contributed by atoms with Crippen molar-refractivity contribution in [2.75, 3.05) is 0 Å². The van der Waals surface area contributed by atoms with E-state index in [-0.39, 0.29) is 11.9 Å². The molecule has 1 atom stereocenters. The zero-order valence-electron chi connectivity index (χ0n) is 11.4. The van der Waals surface area contributed by atoms with Crippen molar-refractivity contribution < 1.29 is 4.79 Å². The van der Waals surface area contributed by atoms with Crippen LogP contribution in [0.2, 0.25) is 0 Å². The predicted octanol–water partition coefficient (Wildman–Crippen LogP) is 1.66. The highest BCUT2D eigenvalue weighted by Crippen LogP contribution is 2.19. The maximum absolute atomic E-state index is 12.1. The number of H-pyrrole nitrogens is 1. The van der Waals surface area contributed by atoms with Crippen molar-refractivity contribution in [3.63, 3.8) is 0 Å². The molecule has 102 valence electrons. The average molecular weight is 261 g/mol. The van der Waals surface area contributed by atoms with Crippen LogP contribution in [0.4, 0.5) is 0 Å². The molecule has 0 saturated carbocycles. The van der Waals surface area contributed by atoms with Crippen molar-refractivity contribution in [3.8, 4) is 0 Å². The summed E-state index contributed by atoms with van der Waals surface area (Å²) in [4.78, 5) is 19.2. The zero-order chi connectivity index (χ0) is 13.8. The maximum atomic E-state index is 12.1. The fourth-order valence-electron chi connectivity index (χ4n) is 2.03. The number of aromatic amines is 1. The number of hydrogen-bond acceptors (Lipinski definition) is 3. The van der Waals surface area contributed by atoms with Gasteiger partial charge in [0.05, 0.1) is 6.04 Å². The van der Waals surface area contributed by atoms with Crippen LogP contribution >= 0.6 is 0 Å². The molecule has 0 aliphatic heterocycles. The molecule has 0 bridgehead atoms. The van der Waals surface area contributed by atoms with E-state index in [2.05, 4.69) is 34.2 Å². The molecule has 1 amide bonds. The van der Waals surface area contributed by atoms with Crippen molar-refractivity contribution in [1.82, 2.24) is 25.1 Å². The molecule has 0 fully saturated rings. The zero-order valence-corrected chi connectivity index (χ0v) is 11.4. The Kier molecular flexibility index (Phi) is 3.99. The summed E-state index contributed by atoms with van der Waals surface area (Å²) in [5.41, 5.74) is 0.552. The molecule has 2 aromatic rings. The van der Waals surface area contributed by atoms with Gasteiger partial charge in [0.25, 0.3) is 5.91 Å². The fraction of sp³-hybridized carbons (Fsp3) is 0.462. The van der Waals surface area contributed by atoms with E-state index in [0.29, 0.717) is 11.6 Å². The Morgan fingerprint density at radius 3 is 2.84 bits per heavy atom. The van der Waals surface area contributed by atoms with Gasteiger partial charge in [0, 0.05) is 13.2 Å². The van der Waals surface area contributed by atoms with Gasteiger partial charge in [0.2, 0.25) is 0 Å². The minimum atomic E-state index is -0.136. The Labute approximate surface area is 112 Å². The highest BCUT2D eigenvalue weighted by molar-refractivity contribution is 5.92. The first kappa shape index (κ1) is 13.3. The Morgan fingerprint density at radius 1 is 1.53 bits per heavy atom. The first-order chi connectivity index (χ1) is 9.08. The van der Waals surface area contributed by atoms with Gasteiger partial charge >= 0.3 is 0 Å². The summed E-state index contributed by atoms with van der Waals surface area (Å²) < 4.78 is 1.70. The van der Waals surface area contributed by atoms with Crippen LogP contribution in [-0.2, 0) is 7.05 Å². The van der Waals surface area contributed by atoms with Crippen molar-refractivity contribution in [2.45, 2.75) is 26.3 Å². The number of nitrogens with one attached hydrogen (secondary N) is 2. The Hall–Kier alpha value is -2.11. The van der Waals surface area contributed by atoms with E-state index in [0.717, 1.165) is 12.2 Å². The van der Waals surface area contributed by atoms with Gasteiger partial charge in [0.1, 0.15) is 17.8 Å². The fourth-order valence-corrected chi connectivity index (χ4v) is 2.03. The van der Waals surface area contributed by atoms with Crippen molar-refractivity contribution >= 4 is 5.91 Å². The predicted molar refractivity (Wildman–Crippen MR) is 71.5 cm³/mol. The van der Waals surface area contributed by atoms with Crippen LogP contribution in [-0.4, -0.2) is 25.7 Å². The molecule has 0 aromatic carbocycles. The van der Waals surface area contributed by atoms with E-state index >= 15 is 0 Å². The summed E-state index contributed by atoms with van der Waals surface area (Å²) in [6, 6.07) is 3.41. The molecule has 1 unspecified atom stereocenters. The van der Waals surface area contributed by atoms with E-state index in [1.165, 1.54) is 6.33 Å². The van der Waals surface area contributed by atoms with Crippen molar-refractivity contribution in [3.05, 3.63) is 36.2 Å². The first-order valence-electron chi connectivity index (χ1n) is 6.36. The third-order valence-corrected chi connectivity index (χ3v) is 2.91. The molecular weight excluding hydrogens is 242 g/mol. The SMILES string of the molecule is CC(C)CC(NC(=O)c1ccc[nH]1)c1ncnn1C. The molecule has 2 rings (SSSR count). The lowest BCUT2D eigenvalue weighted by molar-refractivity contribution is 0.0924. The van der Waals surface area contributed by atoms with Gasteiger partial charge in [-0.2, -0.15) is 5.10 Å². The first-order valence-corrected chi connectivity index (χ1v) is 6.36. The highest BCUT2D eigenvalue weighted by atomic mass is 16.1. The van der Waals surface area contributed by atoms with E-state index in [1.54, 1.807) is 23.0 Å². The lowest BCUT2D eigenvalue weighted by Gasteiger charge is -2.19. The highest BCUT2D eigenvalue weighted by Gasteiger charge is 2.21. The molecule has 0 spiro atoms. The molecule has 0 aliphatic carbocycles. The number of aromatic nitrogens is 4. The molecular formula is C13H19N5O. The number of carbonyl (C=O) groups excluding carboxylic acids is 1. The number of amides is 1. The quantitative estimate of drug-likeness (QED) is 0.859. The molecule has 0 saturated heterocycles. The average Bonchev–Trinajstić information content (AvgIpc) is 2.97. The van der Waals surface area contributed by atoms with E-state index in [1.807, 2.05) is 7.05 Å². The van der Waals surface area contributed by atoms with E-state index in [9.17, 15) is 4.79 Å². The molecule has 0 aliphatic rings. The molecule has 2 heterocycles. The number of carbonyl (C=O) groups is 1. The molecule has 2 N–H and O–H groups in total. The van der Waals surface area contributed by atoms with Gasteiger partial charge in [0.15, 0.2) is 0 Å². The number of hydrogen-bond donors (Lipinski definition) is 2. The van der Waals surface area contributed by atoms with Crippen LogP contribution in [0.3, 0.4) is 0 Å². The van der Waals surface area contributed by atoms with Crippen LogP contribution < -0.4 is 5.32 Å². The van der Waals surface area contributed by atoms with Gasteiger partial charge in [-0.25, -0.2) is 4.98 Å². The molecule has 2 aromatic heterocycles. The second-order valence-corrected chi connectivity index (χ2v) is 4.98. The van der Waals surface area contributed by atoms with Crippen LogP contribution in [0.25, 0.3) is 0 Å². The van der Waals surface area contributed by atoms with Crippen LogP contribution in [0.15, 0.2) is 24.7 Å². The number of rotatable bonds is 5. The third-order valence-electron chi connectivity index (χ3n) is 2.91. The van der Waals surface area contributed by atoms with E-state index in [4.69, 9.17) is 0 Å². The summed E-state index contributed by atoms with van der Waals surface area (Å²) >= 11 is 0. The van der Waals surface area contributed by atoms with Gasteiger partial charge in [-0.1, -0.05) is 13.8 Å². The maximum Gasteiger partial charge on any atom is 0.268 e. The van der Waals surface area contributed by atoms with Crippen molar-refractivity contribution in [1.29, 1.82) is 0 Å². The van der Waals surface area contributed by atoms with Crippen LogP contribution in [0.5, 0.6) is 0 Å². The summed E-state index contributed by atoms with van der Waals surface area (Å²) in [7, 11) is 1.83. The van der Waals surface area contributed by atoms with Gasteiger partial charge in [-0.05, 0) is 24.5 Å². The lowest BCUT2D eigenvalue weighted by atomic mass is 10.0. The number of aryl methyl sites for hydroxylation is 1. The Bertz CT molecular complexity index is 529. The second kappa shape index (κ2) is 5.69. The largest absolute Gasteiger partial charge is 0.357 e.